The second kappa shape index (κ2) is 11.2. The van der Waals surface area contributed by atoms with Gasteiger partial charge in [0.05, 0.1) is 19.8 Å². The van der Waals surface area contributed by atoms with E-state index in [1.165, 1.54) is 5.56 Å². The number of carbonyl (C=O) groups is 1. The first-order valence-corrected chi connectivity index (χ1v) is 10.2. The normalized spacial score (nSPS) is 14.7. The van der Waals surface area contributed by atoms with E-state index in [-0.39, 0.29) is 5.91 Å². The molecule has 1 N–H and O–H groups in total. The van der Waals surface area contributed by atoms with Crippen LogP contribution in [0.15, 0.2) is 48.5 Å². The van der Waals surface area contributed by atoms with Crippen molar-refractivity contribution in [3.05, 3.63) is 59.1 Å². The fraction of sp³-hybridized carbons (Fsp3) is 0.409. The van der Waals surface area contributed by atoms with Crippen LogP contribution in [0.1, 0.15) is 5.56 Å². The number of nitrogens with zero attached hydrogens (tertiary/aromatic N) is 2. The third kappa shape index (κ3) is 7.66. The molecule has 29 heavy (non-hydrogen) atoms. The molecule has 1 amide bonds. The molecule has 1 aliphatic rings. The van der Waals surface area contributed by atoms with Gasteiger partial charge in [0, 0.05) is 36.9 Å². The fourth-order valence-electron chi connectivity index (χ4n) is 3.09. The molecular formula is C22H28ClN3O3. The first kappa shape index (κ1) is 21.6. The molecule has 2 aromatic rings. The number of amides is 1. The molecule has 1 saturated heterocycles. The number of hydrogen-bond donors (Lipinski definition) is 1. The van der Waals surface area contributed by atoms with E-state index in [2.05, 4.69) is 22.3 Å². The van der Waals surface area contributed by atoms with Crippen LogP contribution < -0.4 is 10.1 Å². The van der Waals surface area contributed by atoms with Crippen LogP contribution in [0.5, 0.6) is 5.75 Å². The Labute approximate surface area is 177 Å². The van der Waals surface area contributed by atoms with Gasteiger partial charge in [0.15, 0.2) is 0 Å². The summed E-state index contributed by atoms with van der Waals surface area (Å²) in [6, 6.07) is 15.3. The van der Waals surface area contributed by atoms with Gasteiger partial charge in [-0.3, -0.25) is 14.6 Å². The van der Waals surface area contributed by atoms with E-state index in [1.54, 1.807) is 12.1 Å². The van der Waals surface area contributed by atoms with E-state index < -0.39 is 0 Å². The predicted octanol–water partition coefficient (Wildman–Crippen LogP) is 3.12. The summed E-state index contributed by atoms with van der Waals surface area (Å²) in [7, 11) is 1.90. The molecule has 0 saturated carbocycles. The number of benzene rings is 2. The molecular weight excluding hydrogens is 390 g/mol. The van der Waals surface area contributed by atoms with E-state index in [1.807, 2.05) is 36.2 Å². The van der Waals surface area contributed by atoms with Crippen molar-refractivity contribution in [2.75, 3.05) is 58.4 Å². The summed E-state index contributed by atoms with van der Waals surface area (Å²) in [5.74, 6) is 0.726. The molecule has 7 heteroatoms. The molecule has 3 rings (SSSR count). The minimum Gasteiger partial charge on any atom is -0.492 e. The molecule has 0 aromatic heterocycles. The molecule has 0 unspecified atom stereocenters. The molecule has 1 heterocycles. The minimum atomic E-state index is -0.0417. The first-order chi connectivity index (χ1) is 14.1. The molecule has 0 spiro atoms. The number of likely N-dealkylation sites (N-methyl/N-ethyl adjacent to an activating group) is 1. The molecule has 0 radical (unpaired) electrons. The summed E-state index contributed by atoms with van der Waals surface area (Å²) < 4.78 is 11.0. The SMILES string of the molecule is CN(CCOc1ccc(Cl)cc1)CC(=O)Nc1ccc(CN2CCOCC2)cc1. The highest BCUT2D eigenvalue weighted by Crippen LogP contribution is 2.15. The summed E-state index contributed by atoms with van der Waals surface area (Å²) in [5.41, 5.74) is 2.05. The smallest absolute Gasteiger partial charge is 0.238 e. The minimum absolute atomic E-state index is 0.0417. The first-order valence-electron chi connectivity index (χ1n) is 9.84. The lowest BCUT2D eigenvalue weighted by atomic mass is 10.2. The predicted molar refractivity (Wildman–Crippen MR) is 116 cm³/mol. The van der Waals surface area contributed by atoms with Gasteiger partial charge in [-0.2, -0.15) is 0 Å². The van der Waals surface area contributed by atoms with Crippen LogP contribution in [0, 0.1) is 0 Å². The maximum atomic E-state index is 12.3. The Kier molecular flexibility index (Phi) is 8.31. The number of anilines is 1. The zero-order valence-electron chi connectivity index (χ0n) is 16.8. The quantitative estimate of drug-likeness (QED) is 0.679. The summed E-state index contributed by atoms with van der Waals surface area (Å²) in [4.78, 5) is 16.6. The summed E-state index contributed by atoms with van der Waals surface area (Å²) in [6.45, 7) is 5.89. The van der Waals surface area contributed by atoms with Crippen LogP contribution in [0.2, 0.25) is 5.02 Å². The Morgan fingerprint density at radius 2 is 1.83 bits per heavy atom. The number of ether oxygens (including phenoxy) is 2. The topological polar surface area (TPSA) is 54.0 Å². The van der Waals surface area contributed by atoms with Crippen molar-refractivity contribution in [3.63, 3.8) is 0 Å². The molecule has 1 fully saturated rings. The van der Waals surface area contributed by atoms with Gasteiger partial charge in [-0.05, 0) is 49.0 Å². The summed E-state index contributed by atoms with van der Waals surface area (Å²) >= 11 is 5.86. The van der Waals surface area contributed by atoms with Crippen molar-refractivity contribution >= 4 is 23.2 Å². The number of carbonyl (C=O) groups excluding carboxylic acids is 1. The number of halogens is 1. The van der Waals surface area contributed by atoms with Crippen LogP contribution in [0.3, 0.4) is 0 Å². The monoisotopic (exact) mass is 417 g/mol. The molecule has 2 aromatic carbocycles. The zero-order valence-corrected chi connectivity index (χ0v) is 17.5. The van der Waals surface area contributed by atoms with E-state index in [9.17, 15) is 4.79 Å². The molecule has 156 valence electrons. The second-order valence-corrected chi connectivity index (χ2v) is 7.61. The van der Waals surface area contributed by atoms with Crippen LogP contribution in [-0.4, -0.2) is 68.8 Å². The zero-order chi connectivity index (χ0) is 20.5. The van der Waals surface area contributed by atoms with E-state index in [0.717, 1.165) is 44.3 Å². The number of rotatable bonds is 9. The molecule has 0 bridgehead atoms. The third-order valence-electron chi connectivity index (χ3n) is 4.72. The van der Waals surface area contributed by atoms with Gasteiger partial charge in [-0.25, -0.2) is 0 Å². The van der Waals surface area contributed by atoms with Crippen LogP contribution in [-0.2, 0) is 16.1 Å². The Hall–Kier alpha value is -2.12. The lowest BCUT2D eigenvalue weighted by Gasteiger charge is -2.26. The van der Waals surface area contributed by atoms with Gasteiger partial charge >= 0.3 is 0 Å². The van der Waals surface area contributed by atoms with Crippen molar-refractivity contribution in [3.8, 4) is 5.75 Å². The number of morpholine rings is 1. The van der Waals surface area contributed by atoms with Gasteiger partial charge in [0.1, 0.15) is 12.4 Å². The van der Waals surface area contributed by atoms with Crippen molar-refractivity contribution in [1.29, 1.82) is 0 Å². The summed E-state index contributed by atoms with van der Waals surface area (Å²) in [6.07, 6.45) is 0. The summed E-state index contributed by atoms with van der Waals surface area (Å²) in [5, 5.41) is 3.63. The van der Waals surface area contributed by atoms with Crippen molar-refractivity contribution in [1.82, 2.24) is 9.80 Å². The van der Waals surface area contributed by atoms with Gasteiger partial charge in [-0.1, -0.05) is 23.7 Å². The number of nitrogens with one attached hydrogen (secondary N) is 1. The highest BCUT2D eigenvalue weighted by Gasteiger charge is 2.11. The van der Waals surface area contributed by atoms with Crippen molar-refractivity contribution in [2.24, 2.45) is 0 Å². The van der Waals surface area contributed by atoms with Gasteiger partial charge < -0.3 is 14.8 Å². The average molecular weight is 418 g/mol. The Morgan fingerprint density at radius 1 is 1.14 bits per heavy atom. The molecule has 0 atom stereocenters. The highest BCUT2D eigenvalue weighted by molar-refractivity contribution is 6.30. The average Bonchev–Trinajstić information content (AvgIpc) is 2.72. The van der Waals surface area contributed by atoms with Gasteiger partial charge in [0.25, 0.3) is 0 Å². The number of hydrogen-bond acceptors (Lipinski definition) is 5. The third-order valence-corrected chi connectivity index (χ3v) is 4.97. The maximum absolute atomic E-state index is 12.3. The van der Waals surface area contributed by atoms with E-state index in [0.29, 0.717) is 24.7 Å². The van der Waals surface area contributed by atoms with Crippen LogP contribution >= 0.6 is 11.6 Å². The highest BCUT2D eigenvalue weighted by atomic mass is 35.5. The maximum Gasteiger partial charge on any atom is 0.238 e. The van der Waals surface area contributed by atoms with Crippen molar-refractivity contribution < 1.29 is 14.3 Å². The standard InChI is InChI=1S/C22H28ClN3O3/c1-25(10-15-29-21-8-4-19(23)5-9-21)17-22(27)24-20-6-2-18(3-7-20)16-26-11-13-28-14-12-26/h2-9H,10-17H2,1H3,(H,24,27). The second-order valence-electron chi connectivity index (χ2n) is 7.17. The van der Waals surface area contributed by atoms with E-state index >= 15 is 0 Å². The Bertz CT molecular complexity index is 762. The largest absolute Gasteiger partial charge is 0.492 e. The lowest BCUT2D eigenvalue weighted by Crippen LogP contribution is -2.35. The van der Waals surface area contributed by atoms with Gasteiger partial charge in [0.2, 0.25) is 5.91 Å². The van der Waals surface area contributed by atoms with Crippen LogP contribution in [0.4, 0.5) is 5.69 Å². The van der Waals surface area contributed by atoms with Gasteiger partial charge in [-0.15, -0.1) is 0 Å². The molecule has 6 nitrogen and oxygen atoms in total. The van der Waals surface area contributed by atoms with E-state index in [4.69, 9.17) is 21.1 Å². The fourth-order valence-corrected chi connectivity index (χ4v) is 3.21. The van der Waals surface area contributed by atoms with Crippen LogP contribution in [0.25, 0.3) is 0 Å². The molecule has 0 aliphatic carbocycles. The molecule has 1 aliphatic heterocycles. The lowest BCUT2D eigenvalue weighted by molar-refractivity contribution is -0.117. The Balaban J connectivity index is 1.36. The Morgan fingerprint density at radius 3 is 2.52 bits per heavy atom. The van der Waals surface area contributed by atoms with Crippen molar-refractivity contribution in [2.45, 2.75) is 6.54 Å².